The third-order valence-electron chi connectivity index (χ3n) is 2.35. The van der Waals surface area contributed by atoms with Gasteiger partial charge < -0.3 is 5.32 Å². The molecule has 1 aromatic rings. The lowest BCUT2D eigenvalue weighted by atomic mass is 9.99. The maximum Gasteiger partial charge on any atom is 0.395 e. The van der Waals surface area contributed by atoms with Crippen molar-refractivity contribution in [2.45, 2.75) is 25.6 Å². The number of rotatable bonds is 3. The summed E-state index contributed by atoms with van der Waals surface area (Å²) >= 11 is 0. The van der Waals surface area contributed by atoms with Gasteiger partial charge in [0.05, 0.1) is 5.92 Å². The summed E-state index contributed by atoms with van der Waals surface area (Å²) < 4.78 is 37.1. The van der Waals surface area contributed by atoms with Crippen LogP contribution in [0.25, 0.3) is 0 Å². The van der Waals surface area contributed by atoms with E-state index in [4.69, 9.17) is 0 Å². The monoisotopic (exact) mass is 217 g/mol. The number of hydrogen-bond donors (Lipinski definition) is 1. The quantitative estimate of drug-likeness (QED) is 0.820. The third kappa shape index (κ3) is 3.23. The molecule has 0 amide bonds. The first kappa shape index (κ1) is 12.0. The van der Waals surface area contributed by atoms with Crippen LogP contribution in [0.3, 0.4) is 0 Å². The molecule has 1 aromatic carbocycles. The van der Waals surface area contributed by atoms with Gasteiger partial charge in [0.15, 0.2) is 0 Å². The van der Waals surface area contributed by atoms with Gasteiger partial charge in [-0.3, -0.25) is 0 Å². The van der Waals surface area contributed by atoms with Crippen molar-refractivity contribution in [2.24, 2.45) is 0 Å². The summed E-state index contributed by atoms with van der Waals surface area (Å²) in [5, 5.41) is 2.94. The van der Waals surface area contributed by atoms with Crippen molar-refractivity contribution in [3.8, 4) is 0 Å². The fraction of sp³-hybridized carbons (Fsp3) is 0.455. The highest BCUT2D eigenvalue weighted by atomic mass is 19.4. The van der Waals surface area contributed by atoms with Crippen molar-refractivity contribution < 1.29 is 13.2 Å². The van der Waals surface area contributed by atoms with Gasteiger partial charge in [0.2, 0.25) is 0 Å². The smallest absolute Gasteiger partial charge is 0.316 e. The predicted molar refractivity (Wildman–Crippen MR) is 53.7 cm³/mol. The Morgan fingerprint density at radius 2 is 1.73 bits per heavy atom. The molecule has 1 rings (SSSR count). The highest BCUT2D eigenvalue weighted by Gasteiger charge is 2.36. The first-order chi connectivity index (χ1) is 6.95. The Morgan fingerprint density at radius 3 is 2.13 bits per heavy atom. The second kappa shape index (κ2) is 4.66. The molecule has 0 aliphatic carbocycles. The Hall–Kier alpha value is -1.03. The van der Waals surface area contributed by atoms with Gasteiger partial charge in [-0.25, -0.2) is 0 Å². The fourth-order valence-corrected chi connectivity index (χ4v) is 1.32. The Balaban J connectivity index is 2.80. The lowest BCUT2D eigenvalue weighted by molar-refractivity contribution is -0.146. The van der Waals surface area contributed by atoms with Gasteiger partial charge in [-0.15, -0.1) is 0 Å². The highest BCUT2D eigenvalue weighted by Crippen LogP contribution is 2.34. The van der Waals surface area contributed by atoms with Crippen LogP contribution >= 0.6 is 0 Å². The van der Waals surface area contributed by atoms with E-state index in [-0.39, 0.29) is 0 Å². The van der Waals surface area contributed by atoms with Gasteiger partial charge in [0, 0.05) is 6.54 Å². The SMILES string of the molecule is CNCc1ccc(C(C)C(F)(F)F)cc1. The lowest BCUT2D eigenvalue weighted by Crippen LogP contribution is -2.17. The molecular weight excluding hydrogens is 203 g/mol. The summed E-state index contributed by atoms with van der Waals surface area (Å²) in [5.41, 5.74) is 1.29. The molecule has 1 unspecified atom stereocenters. The Morgan fingerprint density at radius 1 is 1.20 bits per heavy atom. The molecule has 0 saturated heterocycles. The molecule has 0 spiro atoms. The number of halogens is 3. The Labute approximate surface area is 87.3 Å². The lowest BCUT2D eigenvalue weighted by Gasteiger charge is -2.16. The maximum atomic E-state index is 12.4. The van der Waals surface area contributed by atoms with Gasteiger partial charge in [-0.1, -0.05) is 24.3 Å². The minimum Gasteiger partial charge on any atom is -0.316 e. The van der Waals surface area contributed by atoms with Crippen LogP contribution in [-0.2, 0) is 6.54 Å². The summed E-state index contributed by atoms with van der Waals surface area (Å²) in [7, 11) is 1.80. The summed E-state index contributed by atoms with van der Waals surface area (Å²) in [6.07, 6.45) is -4.16. The van der Waals surface area contributed by atoms with Gasteiger partial charge >= 0.3 is 6.18 Å². The molecule has 0 heterocycles. The average molecular weight is 217 g/mol. The van der Waals surface area contributed by atoms with Crippen molar-refractivity contribution in [3.05, 3.63) is 35.4 Å². The third-order valence-corrected chi connectivity index (χ3v) is 2.35. The van der Waals surface area contributed by atoms with E-state index < -0.39 is 12.1 Å². The van der Waals surface area contributed by atoms with Crippen LogP contribution in [0.4, 0.5) is 13.2 Å². The molecular formula is C11H14F3N. The van der Waals surface area contributed by atoms with Gasteiger partial charge in [0.1, 0.15) is 0 Å². The molecule has 1 N–H and O–H groups in total. The van der Waals surface area contributed by atoms with E-state index >= 15 is 0 Å². The zero-order valence-electron chi connectivity index (χ0n) is 8.73. The molecule has 0 fully saturated rings. The van der Waals surface area contributed by atoms with Crippen LogP contribution in [-0.4, -0.2) is 13.2 Å². The molecule has 15 heavy (non-hydrogen) atoms. The van der Waals surface area contributed by atoms with Crippen molar-refractivity contribution >= 4 is 0 Å². The predicted octanol–water partition coefficient (Wildman–Crippen LogP) is 3.07. The maximum absolute atomic E-state index is 12.4. The van der Waals surface area contributed by atoms with E-state index in [2.05, 4.69) is 5.32 Å². The molecule has 4 heteroatoms. The summed E-state index contributed by atoms with van der Waals surface area (Å²) in [6.45, 7) is 1.84. The van der Waals surface area contributed by atoms with Crippen molar-refractivity contribution in [1.29, 1.82) is 0 Å². The average Bonchev–Trinajstić information content (AvgIpc) is 2.17. The van der Waals surface area contributed by atoms with Crippen molar-refractivity contribution in [1.82, 2.24) is 5.32 Å². The number of nitrogens with one attached hydrogen (secondary N) is 1. The summed E-state index contributed by atoms with van der Waals surface area (Å²) in [4.78, 5) is 0. The largest absolute Gasteiger partial charge is 0.395 e. The minimum atomic E-state index is -4.16. The standard InChI is InChI=1S/C11H14F3N/c1-8(11(12,13)14)10-5-3-9(4-6-10)7-15-2/h3-6,8,15H,7H2,1-2H3. The van der Waals surface area contributed by atoms with Crippen LogP contribution in [0.15, 0.2) is 24.3 Å². The molecule has 0 bridgehead atoms. The van der Waals surface area contributed by atoms with E-state index in [0.29, 0.717) is 12.1 Å². The number of benzene rings is 1. The minimum absolute atomic E-state index is 0.308. The molecule has 0 aromatic heterocycles. The second-order valence-corrected chi connectivity index (χ2v) is 3.54. The summed E-state index contributed by atoms with van der Waals surface area (Å²) in [6, 6.07) is 6.50. The van der Waals surface area contributed by atoms with Crippen molar-refractivity contribution in [3.63, 3.8) is 0 Å². The first-order valence-electron chi connectivity index (χ1n) is 4.75. The van der Waals surface area contributed by atoms with E-state index in [1.54, 1.807) is 19.2 Å². The van der Waals surface area contributed by atoms with Crippen LogP contribution in [0.1, 0.15) is 24.0 Å². The summed E-state index contributed by atoms with van der Waals surface area (Å²) in [5.74, 6) is -1.40. The highest BCUT2D eigenvalue weighted by molar-refractivity contribution is 5.25. The Kier molecular flexibility index (Phi) is 3.74. The first-order valence-corrected chi connectivity index (χ1v) is 4.75. The fourth-order valence-electron chi connectivity index (χ4n) is 1.32. The number of alkyl halides is 3. The normalized spacial score (nSPS) is 13.9. The zero-order chi connectivity index (χ0) is 11.5. The van der Waals surface area contributed by atoms with E-state index in [1.165, 1.54) is 19.1 Å². The van der Waals surface area contributed by atoms with Crippen molar-refractivity contribution in [2.75, 3.05) is 7.05 Å². The van der Waals surface area contributed by atoms with E-state index in [1.807, 2.05) is 0 Å². The molecule has 1 nitrogen and oxygen atoms in total. The van der Waals surface area contributed by atoms with Gasteiger partial charge in [-0.05, 0) is 25.1 Å². The number of hydrogen-bond acceptors (Lipinski definition) is 1. The topological polar surface area (TPSA) is 12.0 Å². The molecule has 1 atom stereocenters. The van der Waals surface area contributed by atoms with Gasteiger partial charge in [0.25, 0.3) is 0 Å². The van der Waals surface area contributed by atoms with Crippen LogP contribution in [0.2, 0.25) is 0 Å². The molecule has 0 aliphatic heterocycles. The van der Waals surface area contributed by atoms with Crippen LogP contribution in [0, 0.1) is 0 Å². The van der Waals surface area contributed by atoms with E-state index in [0.717, 1.165) is 5.56 Å². The van der Waals surface area contributed by atoms with Crippen LogP contribution in [0.5, 0.6) is 0 Å². The Bertz CT molecular complexity index is 303. The molecule has 84 valence electrons. The van der Waals surface area contributed by atoms with Gasteiger partial charge in [-0.2, -0.15) is 13.2 Å². The van der Waals surface area contributed by atoms with Crippen LogP contribution < -0.4 is 5.32 Å². The molecule has 0 saturated carbocycles. The molecule has 0 aliphatic rings. The second-order valence-electron chi connectivity index (χ2n) is 3.54. The zero-order valence-corrected chi connectivity index (χ0v) is 8.73. The van der Waals surface area contributed by atoms with E-state index in [9.17, 15) is 13.2 Å². The molecule has 0 radical (unpaired) electrons.